The highest BCUT2D eigenvalue weighted by Crippen LogP contribution is 2.13. The Labute approximate surface area is 69.2 Å². The Kier molecular flexibility index (Phi) is 4.69. The molecule has 0 rings (SSSR count). The Balaban J connectivity index is 3.66. The van der Waals surface area contributed by atoms with Crippen molar-refractivity contribution in [2.75, 3.05) is 0 Å². The van der Waals surface area contributed by atoms with E-state index in [1.807, 2.05) is 27.7 Å². The molecule has 2 heteroatoms. The lowest BCUT2D eigenvalue weighted by Gasteiger charge is -2.20. The molecule has 0 spiro atoms. The molecule has 0 saturated carbocycles. The van der Waals surface area contributed by atoms with Crippen LogP contribution in [0, 0.1) is 11.8 Å². The highest BCUT2D eigenvalue weighted by Gasteiger charge is 2.16. The minimum absolute atomic E-state index is 0.239. The van der Waals surface area contributed by atoms with Crippen LogP contribution < -0.4 is 0 Å². The maximum absolute atomic E-state index is 9.39. The minimum atomic E-state index is -0.368. The van der Waals surface area contributed by atoms with Crippen molar-refractivity contribution in [3.8, 4) is 0 Å². The lowest BCUT2D eigenvalue weighted by Crippen LogP contribution is -2.25. The Morgan fingerprint density at radius 3 is 1.27 bits per heavy atom. The summed E-state index contributed by atoms with van der Waals surface area (Å²) in [6.45, 7) is 7.82. The Hall–Kier alpha value is -0.0800. The van der Waals surface area contributed by atoms with Crippen molar-refractivity contribution in [1.82, 2.24) is 0 Å². The van der Waals surface area contributed by atoms with Gasteiger partial charge in [-0.2, -0.15) is 0 Å². The predicted octanol–water partition coefficient (Wildman–Crippen LogP) is 1.41. The average molecular weight is 160 g/mol. The largest absolute Gasteiger partial charge is 0.393 e. The molecule has 0 aliphatic carbocycles. The summed E-state index contributed by atoms with van der Waals surface area (Å²) in [5, 5.41) is 18.8. The number of hydrogen-bond acceptors (Lipinski definition) is 2. The van der Waals surface area contributed by atoms with E-state index in [9.17, 15) is 10.2 Å². The molecule has 0 aromatic heterocycles. The van der Waals surface area contributed by atoms with Crippen molar-refractivity contribution in [2.45, 2.75) is 46.3 Å². The molecule has 2 N–H and O–H groups in total. The fraction of sp³-hybridized carbons (Fsp3) is 1.00. The second kappa shape index (κ2) is 4.73. The highest BCUT2D eigenvalue weighted by molar-refractivity contribution is 4.68. The van der Waals surface area contributed by atoms with Gasteiger partial charge in [-0.05, 0) is 18.3 Å². The van der Waals surface area contributed by atoms with Crippen LogP contribution in [-0.4, -0.2) is 22.4 Å². The fourth-order valence-electron chi connectivity index (χ4n) is 0.792. The molecule has 2 nitrogen and oxygen atoms in total. The van der Waals surface area contributed by atoms with Gasteiger partial charge in [0.2, 0.25) is 0 Å². The maximum atomic E-state index is 9.39. The molecule has 0 bridgehead atoms. The van der Waals surface area contributed by atoms with Gasteiger partial charge in [0.25, 0.3) is 0 Å². The molecule has 0 amide bonds. The van der Waals surface area contributed by atoms with E-state index in [4.69, 9.17) is 0 Å². The van der Waals surface area contributed by atoms with Crippen molar-refractivity contribution < 1.29 is 10.2 Å². The van der Waals surface area contributed by atoms with Gasteiger partial charge >= 0.3 is 0 Å². The molecule has 68 valence electrons. The average Bonchev–Trinajstić information content (AvgIpc) is 1.87. The predicted molar refractivity (Wildman–Crippen MR) is 46.3 cm³/mol. The molecule has 0 aliphatic rings. The van der Waals surface area contributed by atoms with E-state index in [0.717, 1.165) is 0 Å². The Bertz CT molecular complexity index is 87.7. The zero-order valence-electron chi connectivity index (χ0n) is 7.91. The van der Waals surface area contributed by atoms with E-state index < -0.39 is 0 Å². The van der Waals surface area contributed by atoms with Gasteiger partial charge in [0.15, 0.2) is 0 Å². The van der Waals surface area contributed by atoms with Crippen LogP contribution in [0.5, 0.6) is 0 Å². The second-order valence-corrected chi connectivity index (χ2v) is 3.86. The minimum Gasteiger partial charge on any atom is -0.393 e. The smallest absolute Gasteiger partial charge is 0.0587 e. The summed E-state index contributed by atoms with van der Waals surface area (Å²) in [7, 11) is 0. The quantitative estimate of drug-likeness (QED) is 0.653. The third-order valence-electron chi connectivity index (χ3n) is 2.02. The summed E-state index contributed by atoms with van der Waals surface area (Å²) >= 11 is 0. The van der Waals surface area contributed by atoms with Crippen molar-refractivity contribution in [3.63, 3.8) is 0 Å². The molecular weight excluding hydrogens is 140 g/mol. The molecule has 11 heavy (non-hydrogen) atoms. The van der Waals surface area contributed by atoms with Crippen LogP contribution in [0.2, 0.25) is 0 Å². The molecule has 0 saturated heterocycles. The van der Waals surface area contributed by atoms with Crippen LogP contribution in [0.25, 0.3) is 0 Å². The van der Waals surface area contributed by atoms with Crippen molar-refractivity contribution in [2.24, 2.45) is 11.8 Å². The molecule has 0 aromatic carbocycles. The number of aliphatic hydroxyl groups is 2. The van der Waals surface area contributed by atoms with Crippen LogP contribution in [0.15, 0.2) is 0 Å². The van der Waals surface area contributed by atoms with E-state index in [2.05, 4.69) is 0 Å². The zero-order valence-corrected chi connectivity index (χ0v) is 7.91. The van der Waals surface area contributed by atoms with Crippen molar-refractivity contribution in [1.29, 1.82) is 0 Å². The van der Waals surface area contributed by atoms with E-state index >= 15 is 0 Å². The Morgan fingerprint density at radius 2 is 1.09 bits per heavy atom. The first-order chi connectivity index (χ1) is 4.95. The van der Waals surface area contributed by atoms with Crippen LogP contribution >= 0.6 is 0 Å². The first-order valence-electron chi connectivity index (χ1n) is 4.31. The van der Waals surface area contributed by atoms with Crippen molar-refractivity contribution in [3.05, 3.63) is 0 Å². The molecule has 0 aliphatic heterocycles. The zero-order chi connectivity index (χ0) is 9.02. The molecule has 2 atom stereocenters. The third kappa shape index (κ3) is 4.38. The summed E-state index contributed by atoms with van der Waals surface area (Å²) < 4.78 is 0. The lowest BCUT2D eigenvalue weighted by molar-refractivity contribution is 0.0326. The first-order valence-corrected chi connectivity index (χ1v) is 4.31. The van der Waals surface area contributed by atoms with Crippen molar-refractivity contribution >= 4 is 0 Å². The van der Waals surface area contributed by atoms with Gasteiger partial charge in [-0.1, -0.05) is 27.7 Å². The summed E-state index contributed by atoms with van der Waals surface area (Å²) in [4.78, 5) is 0. The lowest BCUT2D eigenvalue weighted by atomic mass is 9.95. The first kappa shape index (κ1) is 10.9. The fourth-order valence-corrected chi connectivity index (χ4v) is 0.792. The molecule has 0 heterocycles. The van der Waals surface area contributed by atoms with Gasteiger partial charge in [-0.3, -0.25) is 0 Å². The summed E-state index contributed by atoms with van der Waals surface area (Å²) in [5.74, 6) is 0.479. The highest BCUT2D eigenvalue weighted by atomic mass is 16.3. The van der Waals surface area contributed by atoms with Gasteiger partial charge in [-0.25, -0.2) is 0 Å². The van der Waals surface area contributed by atoms with Gasteiger partial charge in [0.1, 0.15) is 0 Å². The topological polar surface area (TPSA) is 40.5 Å². The molecular formula is C9H20O2. The molecule has 2 unspecified atom stereocenters. The van der Waals surface area contributed by atoms with E-state index in [-0.39, 0.29) is 24.0 Å². The van der Waals surface area contributed by atoms with Crippen LogP contribution in [0.3, 0.4) is 0 Å². The van der Waals surface area contributed by atoms with Crippen LogP contribution in [0.4, 0.5) is 0 Å². The molecule has 0 fully saturated rings. The third-order valence-corrected chi connectivity index (χ3v) is 2.02. The summed E-state index contributed by atoms with van der Waals surface area (Å²) in [6.07, 6.45) is -0.241. The summed E-state index contributed by atoms with van der Waals surface area (Å²) in [5.41, 5.74) is 0. The van der Waals surface area contributed by atoms with Gasteiger partial charge < -0.3 is 10.2 Å². The monoisotopic (exact) mass is 160 g/mol. The van der Waals surface area contributed by atoms with Gasteiger partial charge in [-0.15, -0.1) is 0 Å². The standard InChI is InChI=1S/C9H20O2/c1-6(2)8(10)5-9(11)7(3)4/h6-11H,5H2,1-4H3. The Morgan fingerprint density at radius 1 is 0.818 bits per heavy atom. The van der Waals surface area contributed by atoms with Gasteiger partial charge in [0.05, 0.1) is 12.2 Å². The number of hydrogen-bond donors (Lipinski definition) is 2. The van der Waals surface area contributed by atoms with E-state index in [1.165, 1.54) is 0 Å². The SMILES string of the molecule is CC(C)C(O)CC(O)C(C)C. The maximum Gasteiger partial charge on any atom is 0.0587 e. The van der Waals surface area contributed by atoms with Crippen LogP contribution in [-0.2, 0) is 0 Å². The number of rotatable bonds is 4. The van der Waals surface area contributed by atoms with E-state index in [1.54, 1.807) is 0 Å². The molecule has 0 aromatic rings. The van der Waals surface area contributed by atoms with Crippen LogP contribution in [0.1, 0.15) is 34.1 Å². The summed E-state index contributed by atoms with van der Waals surface area (Å²) in [6, 6.07) is 0. The molecule has 0 radical (unpaired) electrons. The van der Waals surface area contributed by atoms with E-state index in [0.29, 0.717) is 6.42 Å². The van der Waals surface area contributed by atoms with Gasteiger partial charge in [0, 0.05) is 0 Å². The second-order valence-electron chi connectivity index (χ2n) is 3.86. The number of aliphatic hydroxyl groups excluding tert-OH is 2. The normalized spacial score (nSPS) is 17.5.